The normalized spacial score (nSPS) is 10.9. The van der Waals surface area contributed by atoms with Crippen LogP contribution >= 0.6 is 11.3 Å². The summed E-state index contributed by atoms with van der Waals surface area (Å²) >= 11 is 1.46. The Kier molecular flexibility index (Phi) is 2.26. The largest absolute Gasteiger partial charge is 0.346 e. The van der Waals surface area contributed by atoms with E-state index in [1.807, 2.05) is 24.4 Å². The van der Waals surface area contributed by atoms with Crippen molar-refractivity contribution in [2.75, 3.05) is 0 Å². The van der Waals surface area contributed by atoms with Gasteiger partial charge in [0, 0.05) is 11.6 Å². The predicted octanol–water partition coefficient (Wildman–Crippen LogP) is 2.89. The molecule has 0 bridgehead atoms. The van der Waals surface area contributed by atoms with E-state index in [1.165, 1.54) is 17.7 Å². The number of carbonyl (C=O) groups excluding carboxylic acids is 1. The number of carbonyl (C=O) groups is 1. The molecular formula is C12H9N3OS. The van der Waals surface area contributed by atoms with Gasteiger partial charge in [0.25, 0.3) is 0 Å². The van der Waals surface area contributed by atoms with E-state index >= 15 is 0 Å². The molecular weight excluding hydrogens is 234 g/mol. The molecule has 0 saturated heterocycles. The lowest BCUT2D eigenvalue weighted by atomic mass is 10.2. The summed E-state index contributed by atoms with van der Waals surface area (Å²) < 4.78 is 0. The quantitative estimate of drug-likeness (QED) is 0.704. The molecule has 1 N–H and O–H groups in total. The average Bonchev–Trinajstić information content (AvgIpc) is 2.97. The van der Waals surface area contributed by atoms with E-state index in [0.29, 0.717) is 0 Å². The number of hydrogen-bond donors (Lipinski definition) is 1. The Morgan fingerprint density at radius 2 is 2.18 bits per heavy atom. The zero-order valence-electron chi connectivity index (χ0n) is 9.10. The Morgan fingerprint density at radius 3 is 2.94 bits per heavy atom. The first-order chi connectivity index (χ1) is 8.25. The average molecular weight is 243 g/mol. The van der Waals surface area contributed by atoms with Crippen molar-refractivity contribution in [3.63, 3.8) is 0 Å². The van der Waals surface area contributed by atoms with Crippen molar-refractivity contribution in [3.8, 4) is 10.6 Å². The second kappa shape index (κ2) is 3.78. The highest BCUT2D eigenvalue weighted by atomic mass is 32.1. The Balaban J connectivity index is 2.19. The minimum atomic E-state index is 0.0839. The number of aromatic nitrogens is 3. The number of thiophene rings is 1. The Labute approximate surface area is 101 Å². The lowest BCUT2D eigenvalue weighted by Crippen LogP contribution is -1.85. The van der Waals surface area contributed by atoms with E-state index in [9.17, 15) is 4.79 Å². The van der Waals surface area contributed by atoms with Gasteiger partial charge in [-0.25, -0.2) is 9.97 Å². The molecule has 3 aromatic rings. The third-order valence-corrected chi connectivity index (χ3v) is 3.73. The summed E-state index contributed by atoms with van der Waals surface area (Å²) in [4.78, 5) is 24.5. The third kappa shape index (κ3) is 1.64. The molecule has 0 aliphatic heterocycles. The Morgan fingerprint density at radius 1 is 1.29 bits per heavy atom. The number of nitrogens with zero attached hydrogens (tertiary/aromatic N) is 2. The highest BCUT2D eigenvalue weighted by Crippen LogP contribution is 2.30. The summed E-state index contributed by atoms with van der Waals surface area (Å²) in [6, 6.07) is 5.71. The maximum Gasteiger partial charge on any atom is 0.169 e. The summed E-state index contributed by atoms with van der Waals surface area (Å²) in [7, 11) is 0. The Bertz CT molecular complexity index is 698. The van der Waals surface area contributed by atoms with Gasteiger partial charge in [-0.3, -0.25) is 4.79 Å². The van der Waals surface area contributed by atoms with Gasteiger partial charge in [-0.15, -0.1) is 11.3 Å². The molecule has 84 valence electrons. The fraction of sp³-hybridized carbons (Fsp3) is 0.0833. The van der Waals surface area contributed by atoms with Crippen LogP contribution in [-0.2, 0) is 0 Å². The van der Waals surface area contributed by atoms with Crippen molar-refractivity contribution in [1.29, 1.82) is 0 Å². The highest BCUT2D eigenvalue weighted by Gasteiger charge is 2.11. The van der Waals surface area contributed by atoms with Gasteiger partial charge < -0.3 is 4.98 Å². The monoisotopic (exact) mass is 243 g/mol. The standard InChI is InChI=1S/C12H9N3OS/c1-7(16)9-2-3-10(17-9)11-8-4-5-13-12(8)15-6-14-11/h2-6H,1H3,(H,13,14,15). The van der Waals surface area contributed by atoms with Gasteiger partial charge in [-0.2, -0.15) is 0 Å². The van der Waals surface area contributed by atoms with Gasteiger partial charge in [0.05, 0.1) is 15.4 Å². The molecule has 0 radical (unpaired) electrons. The molecule has 5 heteroatoms. The molecule has 17 heavy (non-hydrogen) atoms. The van der Waals surface area contributed by atoms with E-state index in [0.717, 1.165) is 26.5 Å². The number of Topliss-reactive ketones (excluding diaryl/α,β-unsaturated/α-hetero) is 1. The molecule has 0 fully saturated rings. The minimum Gasteiger partial charge on any atom is -0.346 e. The van der Waals surface area contributed by atoms with Crippen molar-refractivity contribution in [3.05, 3.63) is 35.6 Å². The van der Waals surface area contributed by atoms with Crippen LogP contribution in [0.2, 0.25) is 0 Å². The molecule has 3 heterocycles. The van der Waals surface area contributed by atoms with Crippen LogP contribution in [0.4, 0.5) is 0 Å². The first kappa shape index (κ1) is 10.2. The van der Waals surface area contributed by atoms with Crippen molar-refractivity contribution >= 4 is 28.2 Å². The topological polar surface area (TPSA) is 58.6 Å². The molecule has 0 atom stereocenters. The number of aromatic amines is 1. The van der Waals surface area contributed by atoms with Gasteiger partial charge >= 0.3 is 0 Å². The van der Waals surface area contributed by atoms with E-state index < -0.39 is 0 Å². The molecule has 0 aliphatic carbocycles. The van der Waals surface area contributed by atoms with E-state index in [1.54, 1.807) is 6.92 Å². The summed E-state index contributed by atoms with van der Waals surface area (Å²) in [5.74, 6) is 0.0839. The third-order valence-electron chi connectivity index (χ3n) is 2.54. The maximum absolute atomic E-state index is 11.3. The summed E-state index contributed by atoms with van der Waals surface area (Å²) in [6.45, 7) is 1.57. The number of fused-ring (bicyclic) bond motifs is 1. The zero-order valence-corrected chi connectivity index (χ0v) is 9.91. The number of H-pyrrole nitrogens is 1. The van der Waals surface area contributed by atoms with E-state index in [-0.39, 0.29) is 5.78 Å². The number of hydrogen-bond acceptors (Lipinski definition) is 4. The van der Waals surface area contributed by atoms with Crippen LogP contribution in [0.25, 0.3) is 21.6 Å². The molecule has 0 unspecified atom stereocenters. The molecule has 3 rings (SSSR count). The van der Waals surface area contributed by atoms with Crippen LogP contribution in [0, 0.1) is 0 Å². The second-order valence-corrected chi connectivity index (χ2v) is 4.77. The zero-order chi connectivity index (χ0) is 11.8. The van der Waals surface area contributed by atoms with Gasteiger partial charge in [0.1, 0.15) is 12.0 Å². The molecule has 4 nitrogen and oxygen atoms in total. The summed E-state index contributed by atoms with van der Waals surface area (Å²) in [5.41, 5.74) is 1.68. The van der Waals surface area contributed by atoms with Crippen LogP contribution in [0.5, 0.6) is 0 Å². The first-order valence-corrected chi connectivity index (χ1v) is 5.96. The molecule has 0 spiro atoms. The summed E-state index contributed by atoms with van der Waals surface area (Å²) in [6.07, 6.45) is 3.36. The fourth-order valence-corrected chi connectivity index (χ4v) is 2.64. The van der Waals surface area contributed by atoms with Gasteiger partial charge in [0.2, 0.25) is 0 Å². The first-order valence-electron chi connectivity index (χ1n) is 5.15. The molecule has 3 aromatic heterocycles. The van der Waals surface area contributed by atoms with Gasteiger partial charge in [-0.05, 0) is 25.1 Å². The number of nitrogens with one attached hydrogen (secondary N) is 1. The minimum absolute atomic E-state index is 0.0839. The van der Waals surface area contributed by atoms with Crippen molar-refractivity contribution in [1.82, 2.24) is 15.0 Å². The van der Waals surface area contributed by atoms with Crippen molar-refractivity contribution in [2.45, 2.75) is 6.92 Å². The van der Waals surface area contributed by atoms with Crippen LogP contribution < -0.4 is 0 Å². The van der Waals surface area contributed by atoms with Gasteiger partial charge in [-0.1, -0.05) is 0 Å². The van der Waals surface area contributed by atoms with Crippen LogP contribution in [0.3, 0.4) is 0 Å². The lowest BCUT2D eigenvalue weighted by Gasteiger charge is -1.97. The van der Waals surface area contributed by atoms with Crippen molar-refractivity contribution < 1.29 is 4.79 Å². The molecule has 0 amide bonds. The highest BCUT2D eigenvalue weighted by molar-refractivity contribution is 7.17. The molecule has 0 saturated carbocycles. The maximum atomic E-state index is 11.3. The number of ketones is 1. The number of rotatable bonds is 2. The van der Waals surface area contributed by atoms with Crippen LogP contribution in [0.1, 0.15) is 16.6 Å². The predicted molar refractivity (Wildman–Crippen MR) is 67.2 cm³/mol. The van der Waals surface area contributed by atoms with Gasteiger partial charge in [0.15, 0.2) is 5.78 Å². The van der Waals surface area contributed by atoms with E-state index in [4.69, 9.17) is 0 Å². The Hall–Kier alpha value is -2.01. The van der Waals surface area contributed by atoms with Crippen LogP contribution in [-0.4, -0.2) is 20.7 Å². The lowest BCUT2D eigenvalue weighted by molar-refractivity contribution is 0.102. The van der Waals surface area contributed by atoms with Crippen molar-refractivity contribution in [2.24, 2.45) is 0 Å². The smallest absolute Gasteiger partial charge is 0.169 e. The SMILES string of the molecule is CC(=O)c1ccc(-c2ncnc3[nH]ccc23)s1. The van der Waals surface area contributed by atoms with E-state index in [2.05, 4.69) is 15.0 Å². The fourth-order valence-electron chi connectivity index (χ4n) is 1.72. The molecule has 0 aliphatic rings. The molecule has 0 aromatic carbocycles. The summed E-state index contributed by atoms with van der Waals surface area (Å²) in [5, 5.41) is 0.976. The second-order valence-electron chi connectivity index (χ2n) is 3.68. The van der Waals surface area contributed by atoms with Crippen LogP contribution in [0.15, 0.2) is 30.7 Å².